The molecule has 198 valence electrons. The van der Waals surface area contributed by atoms with E-state index in [1.165, 1.54) is 0 Å². The Morgan fingerprint density at radius 1 is 0.553 bits per heavy atom. The van der Waals surface area contributed by atoms with Gasteiger partial charge in [0, 0.05) is 35.1 Å². The average Bonchev–Trinajstić information content (AvgIpc) is 2.94. The zero-order valence-corrected chi connectivity index (χ0v) is 22.1. The minimum Gasteiger partial charge on any atom is -0.606 e. The molecule has 5 nitrogen and oxygen atoms in total. The van der Waals surface area contributed by atoms with Crippen molar-refractivity contribution in [1.82, 2.24) is 0 Å². The molecule has 0 saturated carbocycles. The lowest BCUT2D eigenvalue weighted by molar-refractivity contribution is 0.0285. The van der Waals surface area contributed by atoms with E-state index in [2.05, 4.69) is 0 Å². The summed E-state index contributed by atoms with van der Waals surface area (Å²) in [4.78, 5) is 1.30. The molecule has 0 fully saturated rings. The van der Waals surface area contributed by atoms with Crippen LogP contribution in [-0.2, 0) is 46.7 Å². The number of hydrogen-bond donors (Lipinski definition) is 2. The van der Waals surface area contributed by atoms with Gasteiger partial charge >= 0.3 is 0 Å². The molecule has 0 unspecified atom stereocenters. The van der Waals surface area contributed by atoms with E-state index in [1.807, 2.05) is 109 Å². The van der Waals surface area contributed by atoms with Gasteiger partial charge in [-0.25, -0.2) is 0 Å². The number of hydrogen-bond acceptors (Lipinski definition) is 5. The molecule has 0 aliphatic rings. The molecule has 2 N–H and O–H groups in total. The van der Waals surface area contributed by atoms with Gasteiger partial charge in [0.1, 0.15) is 0 Å². The van der Waals surface area contributed by atoms with Crippen LogP contribution < -0.4 is 0 Å². The van der Waals surface area contributed by atoms with Crippen molar-refractivity contribution in [3.8, 4) is 0 Å². The van der Waals surface area contributed by atoms with E-state index < -0.39 is 23.4 Å². The van der Waals surface area contributed by atoms with Crippen molar-refractivity contribution in [2.24, 2.45) is 0 Å². The Morgan fingerprint density at radius 2 is 0.921 bits per heavy atom. The highest BCUT2D eigenvalue weighted by atomic mass is 32.2. The normalized spacial score (nSPS) is 12.9. The van der Waals surface area contributed by atoms with Crippen molar-refractivity contribution in [2.45, 2.75) is 48.1 Å². The van der Waals surface area contributed by atoms with Gasteiger partial charge in [0.2, 0.25) is 0 Å². The Morgan fingerprint density at radius 3 is 1.34 bits per heavy atom. The van der Waals surface area contributed by atoms with Crippen molar-refractivity contribution in [3.05, 3.63) is 131 Å². The Kier molecular flexibility index (Phi) is 10.9. The highest BCUT2D eigenvalue weighted by molar-refractivity contribution is 7.91. The van der Waals surface area contributed by atoms with Gasteiger partial charge in [0.05, 0.1) is 38.6 Å². The lowest BCUT2D eigenvalue weighted by Gasteiger charge is -2.19. The van der Waals surface area contributed by atoms with Crippen LogP contribution in [0.4, 0.5) is 0 Å². The zero-order valence-electron chi connectivity index (χ0n) is 21.3. The van der Waals surface area contributed by atoms with Crippen LogP contribution >= 0.6 is 0 Å². The minimum atomic E-state index is -1.48. The van der Waals surface area contributed by atoms with Crippen LogP contribution in [0.15, 0.2) is 119 Å². The molecule has 0 saturated heterocycles. The lowest BCUT2D eigenvalue weighted by Crippen LogP contribution is -2.21. The lowest BCUT2D eigenvalue weighted by atomic mass is 10.1. The molecule has 0 aliphatic heterocycles. The summed E-state index contributed by atoms with van der Waals surface area (Å²) < 4.78 is 25.1. The van der Waals surface area contributed by atoms with Crippen LogP contribution in [0.5, 0.6) is 0 Å². The fraction of sp³-hybridized carbons (Fsp3) is 0.250. The number of aliphatic hydroxyl groups excluding tert-OH is 2. The number of aliphatic hydroxyl groups is 2. The number of benzene rings is 4. The summed E-state index contributed by atoms with van der Waals surface area (Å²) in [6, 6.07) is 34.6. The third-order valence-electron chi connectivity index (χ3n) is 6.10. The van der Waals surface area contributed by atoms with Gasteiger partial charge in [-0.15, -0.1) is 0 Å². The maximum absolute atomic E-state index is 13.7. The van der Waals surface area contributed by atoms with E-state index in [1.54, 1.807) is 0 Å². The molecule has 2 atom stereocenters. The van der Waals surface area contributed by atoms with Gasteiger partial charge in [0.25, 0.3) is 0 Å². The van der Waals surface area contributed by atoms with E-state index in [-0.39, 0.29) is 13.2 Å². The molecule has 0 amide bonds. The Labute approximate surface area is 227 Å². The molecule has 4 aromatic carbocycles. The summed E-state index contributed by atoms with van der Waals surface area (Å²) in [5.74, 6) is 0. The minimum absolute atomic E-state index is 0.182. The van der Waals surface area contributed by atoms with Crippen molar-refractivity contribution in [2.75, 3.05) is 13.2 Å². The van der Waals surface area contributed by atoms with Crippen LogP contribution in [0, 0.1) is 0 Å². The Bertz CT molecular complexity index is 1140. The highest BCUT2D eigenvalue weighted by Crippen LogP contribution is 2.28. The third kappa shape index (κ3) is 8.53. The van der Waals surface area contributed by atoms with Crippen molar-refractivity contribution < 1.29 is 24.2 Å². The predicted molar refractivity (Wildman–Crippen MR) is 149 cm³/mol. The summed E-state index contributed by atoms with van der Waals surface area (Å²) in [5.41, 5.74) is 3.71. The van der Waals surface area contributed by atoms with Crippen LogP contribution in [0.25, 0.3) is 0 Å². The molecule has 6 heteroatoms. The van der Waals surface area contributed by atoms with E-state index in [9.17, 15) is 14.8 Å². The molecule has 0 aliphatic carbocycles. The van der Waals surface area contributed by atoms with E-state index in [4.69, 9.17) is 9.47 Å². The van der Waals surface area contributed by atoms with Crippen LogP contribution in [-0.4, -0.2) is 40.2 Å². The number of rotatable bonds is 14. The van der Waals surface area contributed by atoms with Crippen molar-refractivity contribution in [1.29, 1.82) is 0 Å². The first-order valence-corrected chi connectivity index (χ1v) is 13.9. The van der Waals surface area contributed by atoms with Crippen molar-refractivity contribution >= 4 is 11.2 Å². The van der Waals surface area contributed by atoms with Gasteiger partial charge in [-0.05, 0) is 23.3 Å². The molecule has 0 aromatic heterocycles. The van der Waals surface area contributed by atoms with Gasteiger partial charge in [-0.2, -0.15) is 0 Å². The highest BCUT2D eigenvalue weighted by Gasteiger charge is 2.24. The summed E-state index contributed by atoms with van der Waals surface area (Å²) in [6.45, 7) is 1.22. The van der Waals surface area contributed by atoms with Crippen LogP contribution in [0.1, 0.15) is 22.3 Å². The Hall–Kier alpha value is -2.97. The summed E-state index contributed by atoms with van der Waals surface area (Å²) in [5, 5.41) is 21.2. The summed E-state index contributed by atoms with van der Waals surface area (Å²) >= 11 is -1.48. The molecule has 0 heterocycles. The largest absolute Gasteiger partial charge is 0.606 e. The standard InChI is InChI=1S/C32H34O5S/c33-29(23-36-21-25-11-3-1-4-12-25)19-27-15-7-9-17-31(27)38(35)32-18-10-8-16-28(32)20-30(34)24-37-22-26-13-5-2-6-14-26/h1-18,29-30,33-34H,19-24H2/t29-,30-/m0/s1. The SMILES string of the molecule is [O-][S+](c1ccccc1C[C@H](O)COCc1ccccc1)c1ccccc1C[C@H](O)COCc1ccccc1. The van der Waals surface area contributed by atoms with Crippen LogP contribution in [0.3, 0.4) is 0 Å². The Balaban J connectivity index is 1.36. The maximum Gasteiger partial charge on any atom is 0.161 e. The molecule has 0 spiro atoms. The van der Waals surface area contributed by atoms with Gasteiger partial charge < -0.3 is 24.2 Å². The number of ether oxygens (including phenoxy) is 2. The summed E-state index contributed by atoms with van der Waals surface area (Å²) in [7, 11) is 0. The fourth-order valence-corrected chi connectivity index (χ4v) is 5.65. The monoisotopic (exact) mass is 530 g/mol. The van der Waals surface area contributed by atoms with Crippen LogP contribution in [0.2, 0.25) is 0 Å². The second-order valence-electron chi connectivity index (χ2n) is 9.20. The topological polar surface area (TPSA) is 82.0 Å². The quantitative estimate of drug-likeness (QED) is 0.222. The predicted octanol–water partition coefficient (Wildman–Crippen LogP) is 5.09. The molecule has 0 bridgehead atoms. The van der Waals surface area contributed by atoms with Crippen molar-refractivity contribution in [3.63, 3.8) is 0 Å². The van der Waals surface area contributed by atoms with E-state index >= 15 is 0 Å². The molecular weight excluding hydrogens is 496 g/mol. The fourth-order valence-electron chi connectivity index (χ4n) is 4.22. The molecule has 0 radical (unpaired) electrons. The molecule has 4 aromatic rings. The zero-order chi connectivity index (χ0) is 26.6. The first kappa shape index (κ1) is 28.0. The van der Waals surface area contributed by atoms with Gasteiger partial charge in [0.15, 0.2) is 9.79 Å². The second-order valence-corrected chi connectivity index (χ2v) is 10.6. The second kappa shape index (κ2) is 14.8. The smallest absolute Gasteiger partial charge is 0.161 e. The first-order valence-electron chi connectivity index (χ1n) is 12.8. The molecule has 4 rings (SSSR count). The van der Waals surface area contributed by atoms with Gasteiger partial charge in [-0.3, -0.25) is 0 Å². The molecular formula is C32H34O5S. The maximum atomic E-state index is 13.7. The average molecular weight is 531 g/mol. The van der Waals surface area contributed by atoms with E-state index in [0.717, 1.165) is 22.3 Å². The molecule has 38 heavy (non-hydrogen) atoms. The van der Waals surface area contributed by atoms with E-state index in [0.29, 0.717) is 35.8 Å². The first-order chi connectivity index (χ1) is 18.6. The third-order valence-corrected chi connectivity index (χ3v) is 7.69. The summed E-state index contributed by atoms with van der Waals surface area (Å²) in [6.07, 6.45) is -0.796. The van der Waals surface area contributed by atoms with Gasteiger partial charge in [-0.1, -0.05) is 97.1 Å².